The van der Waals surface area contributed by atoms with Crippen molar-refractivity contribution in [1.82, 2.24) is 5.32 Å². The molecule has 4 nitrogen and oxygen atoms in total. The van der Waals surface area contributed by atoms with E-state index in [1.807, 2.05) is 37.3 Å². The number of nitrogens with two attached hydrogens (primary N) is 1. The summed E-state index contributed by atoms with van der Waals surface area (Å²) in [6.07, 6.45) is 2.56. The van der Waals surface area contributed by atoms with Gasteiger partial charge in [-0.2, -0.15) is 0 Å². The van der Waals surface area contributed by atoms with Crippen LogP contribution in [0, 0.1) is 5.92 Å². The van der Waals surface area contributed by atoms with Crippen molar-refractivity contribution in [2.45, 2.75) is 50.8 Å². The van der Waals surface area contributed by atoms with Crippen molar-refractivity contribution in [3.8, 4) is 0 Å². The quantitative estimate of drug-likeness (QED) is 0.767. The summed E-state index contributed by atoms with van der Waals surface area (Å²) in [6, 6.07) is 9.64. The normalized spacial score (nSPS) is 25.1. The second-order valence-corrected chi connectivity index (χ2v) is 5.84. The molecule has 0 aliphatic heterocycles. The van der Waals surface area contributed by atoms with Crippen LogP contribution in [0.15, 0.2) is 30.3 Å². The summed E-state index contributed by atoms with van der Waals surface area (Å²) >= 11 is 0. The molecule has 1 aliphatic carbocycles. The molecule has 1 aliphatic rings. The van der Waals surface area contributed by atoms with Gasteiger partial charge in [0, 0.05) is 18.0 Å². The van der Waals surface area contributed by atoms with E-state index in [-0.39, 0.29) is 23.9 Å². The molecule has 0 radical (unpaired) electrons. The molecule has 0 aromatic heterocycles. The predicted molar refractivity (Wildman–Crippen MR) is 78.9 cm³/mol. The monoisotopic (exact) mass is 276 g/mol. The summed E-state index contributed by atoms with van der Waals surface area (Å²) < 4.78 is 0. The van der Waals surface area contributed by atoms with Crippen LogP contribution in [0.2, 0.25) is 0 Å². The minimum absolute atomic E-state index is 0.0429. The van der Waals surface area contributed by atoms with Crippen molar-refractivity contribution in [2.75, 3.05) is 0 Å². The lowest BCUT2D eigenvalue weighted by atomic mass is 10.0. The number of carbonyl (C=O) groups excluding carboxylic acids is 1. The first-order valence-electron chi connectivity index (χ1n) is 7.35. The fourth-order valence-electron chi connectivity index (χ4n) is 2.82. The molecule has 1 saturated carbocycles. The molecule has 2 rings (SSSR count). The fraction of sp³-hybridized carbons (Fsp3) is 0.562. The number of hydrogen-bond acceptors (Lipinski definition) is 3. The third-order valence-corrected chi connectivity index (χ3v) is 3.99. The van der Waals surface area contributed by atoms with Gasteiger partial charge in [0.05, 0.1) is 6.10 Å². The maximum absolute atomic E-state index is 12.1. The van der Waals surface area contributed by atoms with Gasteiger partial charge < -0.3 is 16.2 Å². The third kappa shape index (κ3) is 4.05. The molecule has 0 saturated heterocycles. The Balaban J connectivity index is 1.80. The standard InChI is InChI=1S/C16H24N2O2/c1-11(9-15(19)12-5-3-2-4-6-12)18-16(20)13-7-8-14(17)10-13/h2-6,11,13-15,19H,7-10,17H2,1H3,(H,18,20). The van der Waals surface area contributed by atoms with Gasteiger partial charge in [-0.15, -0.1) is 0 Å². The molecule has 4 unspecified atom stereocenters. The average molecular weight is 276 g/mol. The lowest BCUT2D eigenvalue weighted by Crippen LogP contribution is -2.37. The van der Waals surface area contributed by atoms with E-state index in [1.165, 1.54) is 0 Å². The second-order valence-electron chi connectivity index (χ2n) is 5.84. The Kier molecular flexibility index (Phi) is 5.15. The largest absolute Gasteiger partial charge is 0.388 e. The second kappa shape index (κ2) is 6.86. The predicted octanol–water partition coefficient (Wildman–Crippen LogP) is 1.74. The van der Waals surface area contributed by atoms with E-state index in [4.69, 9.17) is 5.73 Å². The zero-order chi connectivity index (χ0) is 14.5. The molecule has 4 atom stereocenters. The van der Waals surface area contributed by atoms with Crippen LogP contribution in [0.1, 0.15) is 44.3 Å². The van der Waals surface area contributed by atoms with Crippen LogP contribution in [0.25, 0.3) is 0 Å². The molecule has 1 aromatic rings. The molecule has 1 fully saturated rings. The fourth-order valence-corrected chi connectivity index (χ4v) is 2.82. The van der Waals surface area contributed by atoms with Gasteiger partial charge in [-0.05, 0) is 38.2 Å². The molecule has 0 spiro atoms. The van der Waals surface area contributed by atoms with Gasteiger partial charge in [0.15, 0.2) is 0 Å². The zero-order valence-corrected chi connectivity index (χ0v) is 12.0. The van der Waals surface area contributed by atoms with Crippen LogP contribution in [0.4, 0.5) is 0 Å². The average Bonchev–Trinajstić information content (AvgIpc) is 2.86. The van der Waals surface area contributed by atoms with E-state index in [0.29, 0.717) is 6.42 Å². The highest BCUT2D eigenvalue weighted by molar-refractivity contribution is 5.79. The topological polar surface area (TPSA) is 75.3 Å². The SMILES string of the molecule is CC(CC(O)c1ccccc1)NC(=O)C1CCC(N)C1. The molecule has 0 bridgehead atoms. The van der Waals surface area contributed by atoms with Crippen LogP contribution in [-0.2, 0) is 4.79 Å². The minimum Gasteiger partial charge on any atom is -0.388 e. The molecule has 1 amide bonds. The molecule has 1 aromatic carbocycles. The van der Waals surface area contributed by atoms with Crippen molar-refractivity contribution in [1.29, 1.82) is 0 Å². The summed E-state index contributed by atoms with van der Waals surface area (Å²) in [5, 5.41) is 13.1. The van der Waals surface area contributed by atoms with Crippen LogP contribution in [0.3, 0.4) is 0 Å². The van der Waals surface area contributed by atoms with E-state index < -0.39 is 6.10 Å². The summed E-state index contributed by atoms with van der Waals surface area (Å²) in [4.78, 5) is 12.1. The van der Waals surface area contributed by atoms with Crippen molar-refractivity contribution >= 4 is 5.91 Å². The van der Waals surface area contributed by atoms with Gasteiger partial charge in [-0.1, -0.05) is 30.3 Å². The van der Waals surface area contributed by atoms with Gasteiger partial charge in [0.1, 0.15) is 0 Å². The summed E-state index contributed by atoms with van der Waals surface area (Å²) in [5.41, 5.74) is 6.72. The van der Waals surface area contributed by atoms with Crippen LogP contribution in [0.5, 0.6) is 0 Å². The number of rotatable bonds is 5. The lowest BCUT2D eigenvalue weighted by molar-refractivity contribution is -0.125. The Morgan fingerprint density at radius 1 is 1.40 bits per heavy atom. The number of benzene rings is 1. The molecule has 4 heteroatoms. The van der Waals surface area contributed by atoms with E-state index >= 15 is 0 Å². The maximum Gasteiger partial charge on any atom is 0.223 e. The summed E-state index contributed by atoms with van der Waals surface area (Å²) in [5.74, 6) is 0.118. The Bertz CT molecular complexity index is 435. The number of hydrogen-bond donors (Lipinski definition) is 3. The number of carbonyl (C=O) groups is 1. The van der Waals surface area contributed by atoms with E-state index in [9.17, 15) is 9.90 Å². The van der Waals surface area contributed by atoms with Gasteiger partial charge in [0.2, 0.25) is 5.91 Å². The Morgan fingerprint density at radius 2 is 2.10 bits per heavy atom. The van der Waals surface area contributed by atoms with Crippen molar-refractivity contribution in [3.05, 3.63) is 35.9 Å². The van der Waals surface area contributed by atoms with Crippen LogP contribution < -0.4 is 11.1 Å². The highest BCUT2D eigenvalue weighted by Crippen LogP contribution is 2.25. The minimum atomic E-state index is -0.544. The molecule has 4 N–H and O–H groups in total. The van der Waals surface area contributed by atoms with Crippen molar-refractivity contribution < 1.29 is 9.90 Å². The van der Waals surface area contributed by atoms with Crippen LogP contribution in [-0.4, -0.2) is 23.1 Å². The van der Waals surface area contributed by atoms with Crippen molar-refractivity contribution in [3.63, 3.8) is 0 Å². The van der Waals surface area contributed by atoms with E-state index in [2.05, 4.69) is 5.32 Å². The highest BCUT2D eigenvalue weighted by Gasteiger charge is 2.28. The van der Waals surface area contributed by atoms with Gasteiger partial charge in [-0.3, -0.25) is 4.79 Å². The van der Waals surface area contributed by atoms with Gasteiger partial charge >= 0.3 is 0 Å². The number of amides is 1. The van der Waals surface area contributed by atoms with Gasteiger partial charge in [-0.25, -0.2) is 0 Å². The van der Waals surface area contributed by atoms with Crippen molar-refractivity contribution in [2.24, 2.45) is 11.7 Å². The summed E-state index contributed by atoms with van der Waals surface area (Å²) in [6.45, 7) is 1.93. The molecule has 0 heterocycles. The first-order valence-corrected chi connectivity index (χ1v) is 7.35. The first-order chi connectivity index (χ1) is 9.56. The van der Waals surface area contributed by atoms with Gasteiger partial charge in [0.25, 0.3) is 0 Å². The molecule has 110 valence electrons. The lowest BCUT2D eigenvalue weighted by Gasteiger charge is -2.20. The van der Waals surface area contributed by atoms with E-state index in [0.717, 1.165) is 24.8 Å². The third-order valence-electron chi connectivity index (χ3n) is 3.99. The molecular weight excluding hydrogens is 252 g/mol. The van der Waals surface area contributed by atoms with Crippen LogP contribution >= 0.6 is 0 Å². The maximum atomic E-state index is 12.1. The number of aliphatic hydroxyl groups is 1. The number of nitrogens with one attached hydrogen (secondary N) is 1. The Morgan fingerprint density at radius 3 is 2.70 bits per heavy atom. The summed E-state index contributed by atoms with van der Waals surface area (Å²) in [7, 11) is 0. The smallest absolute Gasteiger partial charge is 0.223 e. The Hall–Kier alpha value is -1.39. The highest BCUT2D eigenvalue weighted by atomic mass is 16.3. The zero-order valence-electron chi connectivity index (χ0n) is 12.0. The first kappa shape index (κ1) is 15.0. The molecular formula is C16H24N2O2. The molecule has 20 heavy (non-hydrogen) atoms. The Labute approximate surface area is 120 Å². The van der Waals surface area contributed by atoms with E-state index in [1.54, 1.807) is 0 Å². The number of aliphatic hydroxyl groups excluding tert-OH is 1.